The molecule has 2 N–H and O–H groups in total. The molecule has 9 heavy (non-hydrogen) atoms. The van der Waals surface area contributed by atoms with Crippen LogP contribution in [0.3, 0.4) is 0 Å². The molecule has 1 aliphatic heterocycles. The Balaban J connectivity index is 0.000000640. The molecule has 0 aromatic heterocycles. The zero-order valence-electron chi connectivity index (χ0n) is 5.25. The normalized spacial score (nSPS) is 25.2. The molecule has 0 fully saturated rings. The van der Waals surface area contributed by atoms with Crippen molar-refractivity contribution in [1.82, 2.24) is 0 Å². The lowest BCUT2D eigenvalue weighted by Gasteiger charge is -2.13. The fraction of sp³-hybridized carbons (Fsp3) is 0.667. The molecule has 1 unspecified atom stereocenters. The summed E-state index contributed by atoms with van der Waals surface area (Å²) in [5.74, 6) is 0.462. The Labute approximate surface area is 61.5 Å². The van der Waals surface area contributed by atoms with Gasteiger partial charge in [0, 0.05) is 12.5 Å². The number of ether oxygens (including phenoxy) is 1. The van der Waals surface area contributed by atoms with Crippen LogP contribution in [0.2, 0.25) is 0 Å². The largest absolute Gasteiger partial charge is 0.377 e. The van der Waals surface area contributed by atoms with Gasteiger partial charge in [0.05, 0.1) is 13.2 Å². The molecule has 1 aliphatic rings. The Bertz CT molecular complexity index is 95.1. The SMILES string of the molecule is Cl.NCC1C=CCOC1. The van der Waals surface area contributed by atoms with Gasteiger partial charge in [0.2, 0.25) is 0 Å². The summed E-state index contributed by atoms with van der Waals surface area (Å²) in [6, 6.07) is 0. The van der Waals surface area contributed by atoms with Crippen molar-refractivity contribution in [2.75, 3.05) is 19.8 Å². The molecule has 0 bridgehead atoms. The zero-order valence-corrected chi connectivity index (χ0v) is 6.06. The van der Waals surface area contributed by atoms with Crippen LogP contribution in [-0.4, -0.2) is 19.8 Å². The van der Waals surface area contributed by atoms with E-state index in [1.165, 1.54) is 0 Å². The maximum Gasteiger partial charge on any atom is 0.0647 e. The maximum atomic E-state index is 5.37. The van der Waals surface area contributed by atoms with Gasteiger partial charge in [0.1, 0.15) is 0 Å². The standard InChI is InChI=1S/C6H11NO.ClH/c7-4-6-2-1-3-8-5-6;/h1-2,6H,3-5,7H2;1H. The minimum absolute atomic E-state index is 0. The van der Waals surface area contributed by atoms with Crippen LogP contribution in [0.1, 0.15) is 0 Å². The lowest BCUT2D eigenvalue weighted by molar-refractivity contribution is 0.128. The molecule has 0 amide bonds. The first-order chi connectivity index (χ1) is 3.93. The van der Waals surface area contributed by atoms with Crippen molar-refractivity contribution >= 4 is 12.4 Å². The molecular weight excluding hydrogens is 138 g/mol. The molecule has 3 heteroatoms. The predicted molar refractivity (Wildman–Crippen MR) is 39.8 cm³/mol. The van der Waals surface area contributed by atoms with Crippen molar-refractivity contribution in [3.05, 3.63) is 12.2 Å². The van der Waals surface area contributed by atoms with Gasteiger partial charge in [-0.25, -0.2) is 0 Å². The molecule has 1 rings (SSSR count). The molecule has 0 saturated carbocycles. The first kappa shape index (κ1) is 8.95. The first-order valence-electron chi connectivity index (χ1n) is 2.88. The molecule has 0 aromatic carbocycles. The van der Waals surface area contributed by atoms with Crippen LogP contribution < -0.4 is 5.73 Å². The van der Waals surface area contributed by atoms with E-state index >= 15 is 0 Å². The van der Waals surface area contributed by atoms with Crippen molar-refractivity contribution in [1.29, 1.82) is 0 Å². The minimum atomic E-state index is 0. The van der Waals surface area contributed by atoms with E-state index in [2.05, 4.69) is 6.08 Å². The summed E-state index contributed by atoms with van der Waals surface area (Å²) in [7, 11) is 0. The van der Waals surface area contributed by atoms with E-state index in [0.29, 0.717) is 12.5 Å². The van der Waals surface area contributed by atoms with E-state index in [1.807, 2.05) is 6.08 Å². The highest BCUT2D eigenvalue weighted by molar-refractivity contribution is 5.85. The van der Waals surface area contributed by atoms with Gasteiger partial charge in [0.15, 0.2) is 0 Å². The third-order valence-electron chi connectivity index (χ3n) is 1.26. The molecule has 0 radical (unpaired) electrons. The highest BCUT2D eigenvalue weighted by atomic mass is 35.5. The lowest BCUT2D eigenvalue weighted by Crippen LogP contribution is -2.20. The maximum absolute atomic E-state index is 5.37. The summed E-state index contributed by atoms with van der Waals surface area (Å²) in [6.45, 7) is 2.26. The third-order valence-corrected chi connectivity index (χ3v) is 1.26. The number of hydrogen-bond donors (Lipinski definition) is 1. The van der Waals surface area contributed by atoms with Gasteiger partial charge >= 0.3 is 0 Å². The summed E-state index contributed by atoms with van der Waals surface area (Å²) in [6.07, 6.45) is 4.13. The predicted octanol–water partition coefficient (Wildman–Crippen LogP) is 0.569. The average molecular weight is 150 g/mol. The summed E-state index contributed by atoms with van der Waals surface area (Å²) >= 11 is 0. The van der Waals surface area contributed by atoms with Crippen LogP contribution in [0.15, 0.2) is 12.2 Å². The summed E-state index contributed by atoms with van der Waals surface area (Å²) in [5, 5.41) is 0. The van der Waals surface area contributed by atoms with Gasteiger partial charge in [-0.15, -0.1) is 12.4 Å². The molecule has 0 saturated heterocycles. The Morgan fingerprint density at radius 3 is 2.78 bits per heavy atom. The Morgan fingerprint density at radius 1 is 1.67 bits per heavy atom. The zero-order chi connectivity index (χ0) is 5.82. The number of rotatable bonds is 1. The topological polar surface area (TPSA) is 35.2 Å². The molecule has 54 valence electrons. The van der Waals surface area contributed by atoms with Crippen LogP contribution >= 0.6 is 12.4 Å². The number of nitrogens with two attached hydrogens (primary N) is 1. The van der Waals surface area contributed by atoms with Crippen LogP contribution in [0.25, 0.3) is 0 Å². The van der Waals surface area contributed by atoms with Crippen molar-refractivity contribution in [2.24, 2.45) is 11.7 Å². The van der Waals surface area contributed by atoms with Crippen LogP contribution in [-0.2, 0) is 4.74 Å². The van der Waals surface area contributed by atoms with Crippen molar-refractivity contribution in [2.45, 2.75) is 0 Å². The van der Waals surface area contributed by atoms with E-state index < -0.39 is 0 Å². The fourth-order valence-electron chi connectivity index (χ4n) is 0.738. The van der Waals surface area contributed by atoms with Gasteiger partial charge in [0.25, 0.3) is 0 Å². The summed E-state index contributed by atoms with van der Waals surface area (Å²) in [4.78, 5) is 0. The third kappa shape index (κ3) is 2.84. The second kappa shape index (κ2) is 4.79. The first-order valence-corrected chi connectivity index (χ1v) is 2.88. The van der Waals surface area contributed by atoms with Crippen molar-refractivity contribution in [3.8, 4) is 0 Å². The van der Waals surface area contributed by atoms with E-state index in [-0.39, 0.29) is 12.4 Å². The Morgan fingerprint density at radius 2 is 2.44 bits per heavy atom. The second-order valence-electron chi connectivity index (χ2n) is 1.96. The molecule has 2 nitrogen and oxygen atoms in total. The molecule has 0 aliphatic carbocycles. The van der Waals surface area contributed by atoms with E-state index in [4.69, 9.17) is 10.5 Å². The van der Waals surface area contributed by atoms with E-state index in [1.54, 1.807) is 0 Å². The van der Waals surface area contributed by atoms with Crippen molar-refractivity contribution < 1.29 is 4.74 Å². The van der Waals surface area contributed by atoms with Gasteiger partial charge in [-0.2, -0.15) is 0 Å². The number of halogens is 1. The highest BCUT2D eigenvalue weighted by Gasteiger charge is 2.03. The molecular formula is C6H12ClNO. The highest BCUT2D eigenvalue weighted by Crippen LogP contribution is 2.02. The van der Waals surface area contributed by atoms with E-state index in [0.717, 1.165) is 13.2 Å². The van der Waals surface area contributed by atoms with Crippen molar-refractivity contribution in [3.63, 3.8) is 0 Å². The average Bonchev–Trinajstić information content (AvgIpc) is 1.90. The fourth-order valence-corrected chi connectivity index (χ4v) is 0.738. The molecule has 0 spiro atoms. The Kier molecular flexibility index (Phi) is 4.77. The van der Waals surface area contributed by atoms with Crippen LogP contribution in [0.5, 0.6) is 0 Å². The molecule has 0 aromatic rings. The smallest absolute Gasteiger partial charge is 0.0647 e. The van der Waals surface area contributed by atoms with Gasteiger partial charge in [-0.3, -0.25) is 0 Å². The van der Waals surface area contributed by atoms with Gasteiger partial charge < -0.3 is 10.5 Å². The monoisotopic (exact) mass is 149 g/mol. The van der Waals surface area contributed by atoms with E-state index in [9.17, 15) is 0 Å². The van der Waals surface area contributed by atoms with Crippen LogP contribution in [0.4, 0.5) is 0 Å². The second-order valence-corrected chi connectivity index (χ2v) is 1.96. The Hall–Kier alpha value is -0.0500. The van der Waals surface area contributed by atoms with Gasteiger partial charge in [-0.1, -0.05) is 12.2 Å². The quantitative estimate of drug-likeness (QED) is 0.554. The minimum Gasteiger partial charge on any atom is -0.377 e. The summed E-state index contributed by atoms with van der Waals surface area (Å²) < 4.78 is 5.11. The molecule has 1 heterocycles. The van der Waals surface area contributed by atoms with Gasteiger partial charge in [-0.05, 0) is 0 Å². The van der Waals surface area contributed by atoms with Crippen LogP contribution in [0, 0.1) is 5.92 Å². The molecule has 1 atom stereocenters. The number of hydrogen-bond acceptors (Lipinski definition) is 2. The summed E-state index contributed by atoms with van der Waals surface area (Å²) in [5.41, 5.74) is 5.37. The lowest BCUT2D eigenvalue weighted by atomic mass is 10.1.